The van der Waals surface area contributed by atoms with Crippen LogP contribution in [0.2, 0.25) is 0 Å². The third-order valence-electron chi connectivity index (χ3n) is 3.56. The Morgan fingerprint density at radius 2 is 1.92 bits per heavy atom. The maximum atomic E-state index is 12.1. The van der Waals surface area contributed by atoms with Gasteiger partial charge >= 0.3 is 0 Å². The molecule has 7 heteroatoms. The molecule has 140 valence electrons. The van der Waals surface area contributed by atoms with Gasteiger partial charge in [-0.1, -0.05) is 26.8 Å². The van der Waals surface area contributed by atoms with E-state index in [0.717, 1.165) is 17.2 Å². The number of ether oxygens (including phenoxy) is 1. The van der Waals surface area contributed by atoms with E-state index in [4.69, 9.17) is 4.74 Å². The van der Waals surface area contributed by atoms with Gasteiger partial charge in [-0.05, 0) is 19.1 Å². The van der Waals surface area contributed by atoms with Crippen LogP contribution < -0.4 is 10.6 Å². The van der Waals surface area contributed by atoms with Crippen LogP contribution >= 0.6 is 0 Å². The summed E-state index contributed by atoms with van der Waals surface area (Å²) in [6.07, 6.45) is 0.310. The summed E-state index contributed by atoms with van der Waals surface area (Å²) in [7, 11) is 1.63. The second kappa shape index (κ2) is 8.71. The average Bonchev–Trinajstić information content (AvgIpc) is 2.54. The molecule has 0 atom stereocenters. The normalized spacial score (nSPS) is 11.3. The van der Waals surface area contributed by atoms with Gasteiger partial charge in [-0.15, -0.1) is 0 Å². The number of hydrogen-bond acceptors (Lipinski definition) is 6. The number of carbonyl (C=O) groups excluding carboxylic acids is 1. The van der Waals surface area contributed by atoms with Crippen molar-refractivity contribution in [3.05, 3.63) is 41.5 Å². The number of aryl methyl sites for hydroxylation is 1. The highest BCUT2D eigenvalue weighted by atomic mass is 16.5. The van der Waals surface area contributed by atoms with Gasteiger partial charge in [0.25, 0.3) is 0 Å². The van der Waals surface area contributed by atoms with Crippen molar-refractivity contribution in [3.8, 4) is 0 Å². The molecule has 1 amide bonds. The van der Waals surface area contributed by atoms with E-state index >= 15 is 0 Å². The monoisotopic (exact) mass is 357 g/mol. The summed E-state index contributed by atoms with van der Waals surface area (Å²) in [4.78, 5) is 25.4. The number of methoxy groups -OCH3 is 1. The number of carbonyl (C=O) groups is 1. The van der Waals surface area contributed by atoms with Gasteiger partial charge in [-0.2, -0.15) is 0 Å². The van der Waals surface area contributed by atoms with Crippen LogP contribution in [0.5, 0.6) is 0 Å². The molecule has 7 nitrogen and oxygen atoms in total. The fourth-order valence-electron chi connectivity index (χ4n) is 2.27. The minimum absolute atomic E-state index is 0.0992. The Morgan fingerprint density at radius 1 is 1.15 bits per heavy atom. The summed E-state index contributed by atoms with van der Waals surface area (Å²) in [6, 6.07) is 7.37. The molecule has 0 bridgehead atoms. The summed E-state index contributed by atoms with van der Waals surface area (Å²) in [5.41, 5.74) is 1.50. The van der Waals surface area contributed by atoms with Crippen molar-refractivity contribution in [2.24, 2.45) is 0 Å². The van der Waals surface area contributed by atoms with Crippen LogP contribution in [0, 0.1) is 6.92 Å². The van der Waals surface area contributed by atoms with E-state index in [9.17, 15) is 4.79 Å². The number of nitrogens with zero attached hydrogens (tertiary/aromatic N) is 3. The van der Waals surface area contributed by atoms with Crippen molar-refractivity contribution >= 4 is 17.5 Å². The summed E-state index contributed by atoms with van der Waals surface area (Å²) in [6.45, 7) is 8.95. The molecule has 26 heavy (non-hydrogen) atoms. The van der Waals surface area contributed by atoms with E-state index in [2.05, 4.69) is 46.4 Å². The minimum Gasteiger partial charge on any atom is -0.378 e. The number of rotatable bonds is 7. The van der Waals surface area contributed by atoms with Crippen LogP contribution in [-0.2, 0) is 21.6 Å². The zero-order chi connectivity index (χ0) is 19.2. The number of anilines is 2. The van der Waals surface area contributed by atoms with E-state index in [1.165, 1.54) is 0 Å². The van der Waals surface area contributed by atoms with E-state index in [-0.39, 0.29) is 11.3 Å². The quantitative estimate of drug-likeness (QED) is 0.792. The number of aromatic nitrogens is 3. The van der Waals surface area contributed by atoms with Crippen LogP contribution in [0.25, 0.3) is 0 Å². The first-order valence-corrected chi connectivity index (χ1v) is 8.62. The standard InChI is InChI=1S/C19H27N5O2/c1-13-7-6-8-15(21-13)23-17(25)9-10-20-16-11-14(12-26-5)22-18(24-16)19(2,3)4/h6-8,11H,9-10,12H2,1-5H3,(H,20,22,24)(H,21,23,25). The van der Waals surface area contributed by atoms with Crippen molar-refractivity contribution < 1.29 is 9.53 Å². The molecule has 0 aliphatic heterocycles. The van der Waals surface area contributed by atoms with Crippen molar-refractivity contribution in [1.82, 2.24) is 15.0 Å². The van der Waals surface area contributed by atoms with Gasteiger partial charge in [0.1, 0.15) is 17.5 Å². The number of nitrogens with one attached hydrogen (secondary N) is 2. The smallest absolute Gasteiger partial charge is 0.227 e. The largest absolute Gasteiger partial charge is 0.378 e. The predicted octanol–water partition coefficient (Wildman–Crippen LogP) is 3.06. The minimum atomic E-state index is -0.172. The molecule has 0 radical (unpaired) electrons. The third kappa shape index (κ3) is 6.07. The number of amides is 1. The van der Waals surface area contributed by atoms with Gasteiger partial charge in [-0.25, -0.2) is 15.0 Å². The van der Waals surface area contributed by atoms with Crippen LogP contribution in [0.4, 0.5) is 11.6 Å². The van der Waals surface area contributed by atoms with Gasteiger partial charge in [0, 0.05) is 37.3 Å². The first kappa shape index (κ1) is 19.8. The Kier molecular flexibility index (Phi) is 6.63. The first-order valence-electron chi connectivity index (χ1n) is 8.62. The Hall–Kier alpha value is -2.54. The van der Waals surface area contributed by atoms with Crippen molar-refractivity contribution in [1.29, 1.82) is 0 Å². The molecule has 0 saturated carbocycles. The molecule has 2 aromatic rings. The zero-order valence-corrected chi connectivity index (χ0v) is 16.1. The summed E-state index contributed by atoms with van der Waals surface area (Å²) >= 11 is 0. The first-order chi connectivity index (χ1) is 12.3. The van der Waals surface area contributed by atoms with E-state index in [0.29, 0.717) is 31.2 Å². The van der Waals surface area contributed by atoms with Gasteiger partial charge < -0.3 is 15.4 Å². The Morgan fingerprint density at radius 3 is 2.58 bits per heavy atom. The fraction of sp³-hybridized carbons (Fsp3) is 0.474. The topological polar surface area (TPSA) is 89.0 Å². The molecule has 0 aliphatic carbocycles. The summed E-state index contributed by atoms with van der Waals surface area (Å²) in [5, 5.41) is 5.99. The SMILES string of the molecule is COCc1cc(NCCC(=O)Nc2cccc(C)n2)nc(C(C)(C)C)n1. The van der Waals surface area contributed by atoms with Gasteiger partial charge in [0.15, 0.2) is 0 Å². The maximum Gasteiger partial charge on any atom is 0.227 e. The average molecular weight is 357 g/mol. The lowest BCUT2D eigenvalue weighted by Gasteiger charge is -2.19. The molecule has 0 fully saturated rings. The lowest BCUT2D eigenvalue weighted by atomic mass is 9.95. The highest BCUT2D eigenvalue weighted by molar-refractivity contribution is 5.90. The third-order valence-corrected chi connectivity index (χ3v) is 3.56. The summed E-state index contributed by atoms with van der Waals surface area (Å²) < 4.78 is 5.18. The van der Waals surface area contributed by atoms with E-state index in [1.54, 1.807) is 13.2 Å². The van der Waals surface area contributed by atoms with Gasteiger partial charge in [0.05, 0.1) is 12.3 Å². The van der Waals surface area contributed by atoms with Crippen molar-refractivity contribution in [3.63, 3.8) is 0 Å². The molecule has 0 saturated heterocycles. The molecule has 2 aromatic heterocycles. The van der Waals surface area contributed by atoms with Crippen molar-refractivity contribution in [2.75, 3.05) is 24.3 Å². The van der Waals surface area contributed by atoms with Crippen LogP contribution in [-0.4, -0.2) is 34.5 Å². The maximum absolute atomic E-state index is 12.1. The molecule has 2 rings (SSSR count). The fourth-order valence-corrected chi connectivity index (χ4v) is 2.27. The van der Waals surface area contributed by atoms with Crippen LogP contribution in [0.15, 0.2) is 24.3 Å². The van der Waals surface area contributed by atoms with E-state index in [1.807, 2.05) is 25.1 Å². The van der Waals surface area contributed by atoms with E-state index < -0.39 is 0 Å². The van der Waals surface area contributed by atoms with Crippen LogP contribution in [0.3, 0.4) is 0 Å². The Labute approximate surface area is 154 Å². The lowest BCUT2D eigenvalue weighted by molar-refractivity contribution is -0.116. The van der Waals surface area contributed by atoms with Gasteiger partial charge in [0.2, 0.25) is 5.91 Å². The number of hydrogen-bond donors (Lipinski definition) is 2. The second-order valence-electron chi connectivity index (χ2n) is 7.14. The lowest BCUT2D eigenvalue weighted by Crippen LogP contribution is -2.20. The van der Waals surface area contributed by atoms with Gasteiger partial charge in [-0.3, -0.25) is 4.79 Å². The highest BCUT2D eigenvalue weighted by Gasteiger charge is 2.19. The molecule has 2 N–H and O–H groups in total. The molecular weight excluding hydrogens is 330 g/mol. The summed E-state index contributed by atoms with van der Waals surface area (Å²) in [5.74, 6) is 1.90. The highest BCUT2D eigenvalue weighted by Crippen LogP contribution is 2.20. The molecule has 0 aromatic carbocycles. The Bertz CT molecular complexity index is 756. The second-order valence-corrected chi connectivity index (χ2v) is 7.14. The molecule has 0 aliphatic rings. The Balaban J connectivity index is 1.95. The molecule has 0 unspecified atom stereocenters. The molecular formula is C19H27N5O2. The zero-order valence-electron chi connectivity index (χ0n) is 16.1. The predicted molar refractivity (Wildman–Crippen MR) is 102 cm³/mol. The molecule has 0 spiro atoms. The van der Waals surface area contributed by atoms with Crippen LogP contribution in [0.1, 0.15) is 44.4 Å². The molecule has 2 heterocycles. The van der Waals surface area contributed by atoms with Crippen molar-refractivity contribution in [2.45, 2.75) is 46.1 Å². The number of pyridine rings is 1.